The van der Waals surface area contributed by atoms with Crippen LogP contribution in [0.25, 0.3) is 0 Å². The molecule has 0 aliphatic heterocycles. The maximum absolute atomic E-state index is 12.3. The van der Waals surface area contributed by atoms with Gasteiger partial charge in [-0.2, -0.15) is 0 Å². The maximum atomic E-state index is 12.3. The molecule has 0 amide bonds. The Kier molecular flexibility index (Phi) is 3.95. The Morgan fingerprint density at radius 1 is 1.47 bits per heavy atom. The van der Waals surface area contributed by atoms with Crippen LogP contribution < -0.4 is 4.72 Å². The third-order valence-electron chi connectivity index (χ3n) is 3.21. The van der Waals surface area contributed by atoms with Gasteiger partial charge in [-0.25, -0.2) is 13.1 Å². The Morgan fingerprint density at radius 2 is 2.16 bits per heavy atom. The Bertz CT molecular complexity index is 640. The standard InChI is InChI=1S/C14H17NO3S/c1-10-5-6-12(4-3-7-16)9-14(10)19(17,18)15-13-8-11(13)2/h5-6,9,11,13,15-16H,7-8H2,1-2H3. The van der Waals surface area contributed by atoms with Crippen molar-refractivity contribution in [3.63, 3.8) is 0 Å². The van der Waals surface area contributed by atoms with Crippen LogP contribution in [0, 0.1) is 24.7 Å². The summed E-state index contributed by atoms with van der Waals surface area (Å²) in [4.78, 5) is 0.260. The van der Waals surface area contributed by atoms with Gasteiger partial charge in [-0.1, -0.05) is 24.8 Å². The van der Waals surface area contributed by atoms with Crippen molar-refractivity contribution in [1.29, 1.82) is 0 Å². The number of rotatable bonds is 3. The third-order valence-corrected chi connectivity index (χ3v) is 4.84. The molecule has 2 unspecified atom stereocenters. The molecule has 1 aliphatic carbocycles. The Balaban J connectivity index is 2.32. The fraction of sp³-hybridized carbons (Fsp3) is 0.429. The minimum Gasteiger partial charge on any atom is -0.384 e. The Labute approximate surface area is 113 Å². The quantitative estimate of drug-likeness (QED) is 0.812. The molecule has 2 N–H and O–H groups in total. The molecular weight excluding hydrogens is 262 g/mol. The molecule has 1 aromatic rings. The predicted molar refractivity (Wildman–Crippen MR) is 73.0 cm³/mol. The van der Waals surface area contributed by atoms with E-state index >= 15 is 0 Å². The molecule has 0 spiro atoms. The van der Waals surface area contributed by atoms with E-state index in [2.05, 4.69) is 16.6 Å². The fourth-order valence-electron chi connectivity index (χ4n) is 1.86. The minimum absolute atomic E-state index is 0.0524. The van der Waals surface area contributed by atoms with Crippen LogP contribution in [0.4, 0.5) is 0 Å². The van der Waals surface area contributed by atoms with Gasteiger partial charge in [0.2, 0.25) is 10.0 Å². The highest BCUT2D eigenvalue weighted by molar-refractivity contribution is 7.89. The van der Waals surface area contributed by atoms with Crippen molar-refractivity contribution in [3.05, 3.63) is 29.3 Å². The van der Waals surface area contributed by atoms with Gasteiger partial charge < -0.3 is 5.11 Å². The zero-order chi connectivity index (χ0) is 14.0. The number of nitrogens with one attached hydrogen (secondary N) is 1. The molecule has 1 fully saturated rings. The van der Waals surface area contributed by atoms with Crippen molar-refractivity contribution in [2.24, 2.45) is 5.92 Å². The van der Waals surface area contributed by atoms with Crippen molar-refractivity contribution in [2.45, 2.75) is 31.2 Å². The Morgan fingerprint density at radius 3 is 2.74 bits per heavy atom. The molecule has 0 saturated heterocycles. The molecule has 0 bridgehead atoms. The summed E-state index contributed by atoms with van der Waals surface area (Å²) in [7, 11) is -3.49. The first-order chi connectivity index (χ1) is 8.94. The lowest BCUT2D eigenvalue weighted by Gasteiger charge is -2.09. The van der Waals surface area contributed by atoms with E-state index in [9.17, 15) is 8.42 Å². The second-order valence-corrected chi connectivity index (χ2v) is 6.56. The van der Waals surface area contributed by atoms with Gasteiger partial charge in [0.1, 0.15) is 6.61 Å². The van der Waals surface area contributed by atoms with Crippen molar-refractivity contribution < 1.29 is 13.5 Å². The lowest BCUT2D eigenvalue weighted by atomic mass is 10.1. The maximum Gasteiger partial charge on any atom is 0.241 e. The zero-order valence-corrected chi connectivity index (χ0v) is 11.8. The summed E-state index contributed by atoms with van der Waals surface area (Å²) in [5.41, 5.74) is 1.28. The van der Waals surface area contributed by atoms with Crippen LogP contribution in [0.15, 0.2) is 23.1 Å². The van der Waals surface area contributed by atoms with Gasteiger partial charge in [-0.15, -0.1) is 0 Å². The van der Waals surface area contributed by atoms with Gasteiger partial charge >= 0.3 is 0 Å². The molecule has 0 aromatic heterocycles. The first-order valence-corrected chi connectivity index (χ1v) is 7.65. The molecular formula is C14H17NO3S. The lowest BCUT2D eigenvalue weighted by Crippen LogP contribution is -2.27. The van der Waals surface area contributed by atoms with Crippen molar-refractivity contribution in [3.8, 4) is 11.8 Å². The third kappa shape index (κ3) is 3.35. The number of aryl methyl sites for hydroxylation is 1. The molecule has 2 atom stereocenters. The van der Waals surface area contributed by atoms with E-state index in [1.807, 2.05) is 6.92 Å². The monoisotopic (exact) mass is 279 g/mol. The van der Waals surface area contributed by atoms with Gasteiger partial charge in [0.25, 0.3) is 0 Å². The summed E-state index contributed by atoms with van der Waals surface area (Å²) in [5.74, 6) is 5.64. The second kappa shape index (κ2) is 5.33. The van der Waals surface area contributed by atoms with Gasteiger partial charge in [0, 0.05) is 11.6 Å². The van der Waals surface area contributed by atoms with E-state index in [4.69, 9.17) is 5.11 Å². The SMILES string of the molecule is Cc1ccc(C#CCO)cc1S(=O)(=O)NC1CC1C. The molecule has 4 nitrogen and oxygen atoms in total. The molecule has 102 valence electrons. The minimum atomic E-state index is -3.49. The first kappa shape index (κ1) is 14.1. The van der Waals surface area contributed by atoms with E-state index in [-0.39, 0.29) is 17.5 Å². The second-order valence-electron chi connectivity index (χ2n) is 4.88. The van der Waals surface area contributed by atoms with E-state index in [1.165, 1.54) is 0 Å². The molecule has 1 aliphatic rings. The van der Waals surface area contributed by atoms with Gasteiger partial charge in [-0.05, 0) is 37.0 Å². The zero-order valence-electron chi connectivity index (χ0n) is 11.0. The smallest absolute Gasteiger partial charge is 0.241 e. The van der Waals surface area contributed by atoms with Crippen molar-refractivity contribution in [2.75, 3.05) is 6.61 Å². The average Bonchev–Trinajstić information content (AvgIpc) is 3.02. The highest BCUT2D eigenvalue weighted by Crippen LogP contribution is 2.31. The highest BCUT2D eigenvalue weighted by atomic mass is 32.2. The number of aliphatic hydroxyl groups excluding tert-OH is 1. The van der Waals surface area contributed by atoms with Crippen LogP contribution >= 0.6 is 0 Å². The lowest BCUT2D eigenvalue weighted by molar-refractivity contribution is 0.350. The van der Waals surface area contributed by atoms with E-state index < -0.39 is 10.0 Å². The van der Waals surface area contributed by atoms with Crippen LogP contribution in [-0.2, 0) is 10.0 Å². The van der Waals surface area contributed by atoms with Gasteiger partial charge in [0.15, 0.2) is 0 Å². The first-order valence-electron chi connectivity index (χ1n) is 6.17. The number of hydrogen-bond donors (Lipinski definition) is 2. The summed E-state index contributed by atoms with van der Waals surface area (Å²) < 4.78 is 27.2. The topological polar surface area (TPSA) is 66.4 Å². The van der Waals surface area contributed by atoms with Gasteiger partial charge in [-0.3, -0.25) is 0 Å². The molecule has 5 heteroatoms. The highest BCUT2D eigenvalue weighted by Gasteiger charge is 2.36. The molecule has 0 radical (unpaired) electrons. The van der Waals surface area contributed by atoms with Crippen LogP contribution in [0.5, 0.6) is 0 Å². The normalized spacial score (nSPS) is 21.6. The number of hydrogen-bond acceptors (Lipinski definition) is 3. The summed E-state index contributed by atoms with van der Waals surface area (Å²) in [5, 5.41) is 8.66. The van der Waals surface area contributed by atoms with Crippen molar-refractivity contribution in [1.82, 2.24) is 4.72 Å². The molecule has 19 heavy (non-hydrogen) atoms. The van der Waals surface area contributed by atoms with E-state index in [1.54, 1.807) is 25.1 Å². The average molecular weight is 279 g/mol. The van der Waals surface area contributed by atoms with E-state index in [0.717, 1.165) is 6.42 Å². The number of benzene rings is 1. The van der Waals surface area contributed by atoms with Crippen LogP contribution in [0.3, 0.4) is 0 Å². The summed E-state index contributed by atoms with van der Waals surface area (Å²) >= 11 is 0. The summed E-state index contributed by atoms with van der Waals surface area (Å²) in [6.45, 7) is 3.53. The molecule has 1 aromatic carbocycles. The van der Waals surface area contributed by atoms with Crippen molar-refractivity contribution >= 4 is 10.0 Å². The largest absolute Gasteiger partial charge is 0.384 e. The summed E-state index contributed by atoms with van der Waals surface area (Å²) in [6, 6.07) is 5.08. The van der Waals surface area contributed by atoms with E-state index in [0.29, 0.717) is 17.0 Å². The van der Waals surface area contributed by atoms with Crippen LogP contribution in [0.2, 0.25) is 0 Å². The Hall–Kier alpha value is -1.35. The van der Waals surface area contributed by atoms with Crippen LogP contribution in [-0.4, -0.2) is 26.2 Å². The molecule has 0 heterocycles. The fourth-order valence-corrected chi connectivity index (χ4v) is 3.49. The number of sulfonamides is 1. The molecule has 2 rings (SSSR count). The summed E-state index contributed by atoms with van der Waals surface area (Å²) in [6.07, 6.45) is 0.891. The predicted octanol–water partition coefficient (Wildman–Crippen LogP) is 1.03. The number of aliphatic hydroxyl groups is 1. The molecule has 1 saturated carbocycles. The van der Waals surface area contributed by atoms with Crippen LogP contribution in [0.1, 0.15) is 24.5 Å². The van der Waals surface area contributed by atoms with Gasteiger partial charge in [0.05, 0.1) is 4.90 Å².